The predicted octanol–water partition coefficient (Wildman–Crippen LogP) is 0.532. The van der Waals surface area contributed by atoms with E-state index in [0.29, 0.717) is 17.3 Å². The molecule has 0 unspecified atom stereocenters. The molecular formula is C7H13N5. The molecular weight excluding hydrogens is 154 g/mol. The Hall–Kier alpha value is -1.52. The van der Waals surface area contributed by atoms with Crippen LogP contribution in [0, 0.1) is 0 Å². The van der Waals surface area contributed by atoms with E-state index in [9.17, 15) is 0 Å². The summed E-state index contributed by atoms with van der Waals surface area (Å²) >= 11 is 0. The first kappa shape index (κ1) is 8.58. The summed E-state index contributed by atoms with van der Waals surface area (Å²) in [5.74, 6) is 1.33. The molecule has 0 aromatic carbocycles. The molecule has 1 aromatic rings. The van der Waals surface area contributed by atoms with Crippen molar-refractivity contribution in [3.63, 3.8) is 0 Å². The van der Waals surface area contributed by atoms with Crippen LogP contribution in [0.5, 0.6) is 0 Å². The number of nitrogens with one attached hydrogen (secondary N) is 2. The Balaban J connectivity index is 2.97. The van der Waals surface area contributed by atoms with Gasteiger partial charge < -0.3 is 16.4 Å². The van der Waals surface area contributed by atoms with Crippen LogP contribution < -0.4 is 16.4 Å². The normalized spacial score (nSPS) is 9.50. The molecule has 0 aliphatic carbocycles. The molecule has 0 saturated carbocycles. The average Bonchev–Trinajstić information content (AvgIpc) is 2.09. The fourth-order valence-corrected chi connectivity index (χ4v) is 0.903. The molecule has 0 fully saturated rings. The quantitative estimate of drug-likeness (QED) is 0.612. The van der Waals surface area contributed by atoms with Crippen molar-refractivity contribution >= 4 is 17.3 Å². The Labute approximate surface area is 71.4 Å². The Bertz CT molecular complexity index is 260. The van der Waals surface area contributed by atoms with Gasteiger partial charge in [-0.25, -0.2) is 9.97 Å². The lowest BCUT2D eigenvalue weighted by atomic mass is 10.4. The third kappa shape index (κ3) is 1.55. The summed E-state index contributed by atoms with van der Waals surface area (Å²) in [5, 5.41) is 5.91. The highest BCUT2D eigenvalue weighted by Gasteiger charge is 2.03. The highest BCUT2D eigenvalue weighted by molar-refractivity contribution is 5.73. The minimum absolute atomic E-state index is 0.557. The average molecular weight is 167 g/mol. The zero-order valence-corrected chi connectivity index (χ0v) is 7.26. The molecule has 1 rings (SSSR count). The van der Waals surface area contributed by atoms with Crippen LogP contribution in [0.15, 0.2) is 6.33 Å². The van der Waals surface area contributed by atoms with E-state index in [4.69, 9.17) is 5.73 Å². The second-order valence-electron chi connectivity index (χ2n) is 2.26. The number of nitrogens with zero attached hydrogens (tertiary/aromatic N) is 2. The van der Waals surface area contributed by atoms with Crippen molar-refractivity contribution in [1.29, 1.82) is 0 Å². The molecule has 0 saturated heterocycles. The Morgan fingerprint density at radius 2 is 2.08 bits per heavy atom. The van der Waals surface area contributed by atoms with Crippen LogP contribution in [0.2, 0.25) is 0 Å². The third-order valence-electron chi connectivity index (χ3n) is 1.46. The minimum Gasteiger partial charge on any atom is -0.393 e. The first-order valence-corrected chi connectivity index (χ1v) is 3.81. The van der Waals surface area contributed by atoms with Gasteiger partial charge in [0.25, 0.3) is 0 Å². The fourth-order valence-electron chi connectivity index (χ4n) is 0.903. The fraction of sp³-hybridized carbons (Fsp3) is 0.429. The molecule has 0 amide bonds. The zero-order chi connectivity index (χ0) is 8.97. The van der Waals surface area contributed by atoms with Gasteiger partial charge in [0.05, 0.1) is 0 Å². The van der Waals surface area contributed by atoms with E-state index in [1.54, 1.807) is 7.05 Å². The van der Waals surface area contributed by atoms with E-state index in [-0.39, 0.29) is 0 Å². The van der Waals surface area contributed by atoms with Crippen LogP contribution in [0.25, 0.3) is 0 Å². The molecule has 5 nitrogen and oxygen atoms in total. The first-order valence-electron chi connectivity index (χ1n) is 3.81. The van der Waals surface area contributed by atoms with Gasteiger partial charge in [0.1, 0.15) is 12.0 Å². The summed E-state index contributed by atoms with van der Waals surface area (Å²) in [4.78, 5) is 7.94. The van der Waals surface area contributed by atoms with Crippen molar-refractivity contribution in [3.8, 4) is 0 Å². The third-order valence-corrected chi connectivity index (χ3v) is 1.46. The Morgan fingerprint density at radius 1 is 1.42 bits per heavy atom. The van der Waals surface area contributed by atoms with Gasteiger partial charge in [-0.1, -0.05) is 0 Å². The summed E-state index contributed by atoms with van der Waals surface area (Å²) in [6.45, 7) is 2.78. The van der Waals surface area contributed by atoms with Crippen molar-refractivity contribution in [1.82, 2.24) is 9.97 Å². The number of anilines is 3. The molecule has 0 bridgehead atoms. The van der Waals surface area contributed by atoms with Gasteiger partial charge in [-0.2, -0.15) is 0 Å². The lowest BCUT2D eigenvalue weighted by Crippen LogP contribution is -2.07. The van der Waals surface area contributed by atoms with Crippen LogP contribution >= 0.6 is 0 Å². The minimum atomic E-state index is 0.557. The maximum atomic E-state index is 5.73. The van der Waals surface area contributed by atoms with Gasteiger partial charge >= 0.3 is 0 Å². The van der Waals surface area contributed by atoms with Crippen molar-refractivity contribution in [2.75, 3.05) is 30.0 Å². The number of hydrogen-bond acceptors (Lipinski definition) is 5. The topological polar surface area (TPSA) is 75.9 Å². The van der Waals surface area contributed by atoms with E-state index in [0.717, 1.165) is 6.54 Å². The molecule has 0 aliphatic rings. The molecule has 4 N–H and O–H groups in total. The lowest BCUT2D eigenvalue weighted by molar-refractivity contribution is 1.11. The number of hydrogen-bond donors (Lipinski definition) is 3. The molecule has 0 spiro atoms. The summed E-state index contributed by atoms with van der Waals surface area (Å²) < 4.78 is 0. The van der Waals surface area contributed by atoms with Crippen molar-refractivity contribution in [2.45, 2.75) is 6.92 Å². The van der Waals surface area contributed by atoms with Gasteiger partial charge in [-0.15, -0.1) is 0 Å². The molecule has 66 valence electrons. The standard InChI is InChI=1S/C7H13N5/c1-3-10-7-5(8)6(9-2)11-4-12-7/h4H,3,8H2,1-2H3,(H2,9,10,11,12). The Morgan fingerprint density at radius 3 is 2.67 bits per heavy atom. The van der Waals surface area contributed by atoms with E-state index in [1.165, 1.54) is 6.33 Å². The summed E-state index contributed by atoms with van der Waals surface area (Å²) in [6.07, 6.45) is 1.47. The van der Waals surface area contributed by atoms with E-state index >= 15 is 0 Å². The number of nitrogens with two attached hydrogens (primary N) is 1. The van der Waals surface area contributed by atoms with Gasteiger partial charge in [-0.3, -0.25) is 0 Å². The zero-order valence-electron chi connectivity index (χ0n) is 7.26. The van der Waals surface area contributed by atoms with E-state index < -0.39 is 0 Å². The molecule has 0 aliphatic heterocycles. The largest absolute Gasteiger partial charge is 0.393 e. The number of rotatable bonds is 3. The van der Waals surface area contributed by atoms with E-state index in [2.05, 4.69) is 20.6 Å². The number of nitrogen functional groups attached to an aromatic ring is 1. The van der Waals surface area contributed by atoms with Crippen LogP contribution in [0.1, 0.15) is 6.92 Å². The van der Waals surface area contributed by atoms with Crippen LogP contribution in [0.3, 0.4) is 0 Å². The molecule has 0 atom stereocenters. The van der Waals surface area contributed by atoms with Gasteiger partial charge in [0, 0.05) is 13.6 Å². The Kier molecular flexibility index (Phi) is 2.68. The smallest absolute Gasteiger partial charge is 0.154 e. The van der Waals surface area contributed by atoms with Crippen molar-refractivity contribution < 1.29 is 0 Å². The first-order chi connectivity index (χ1) is 5.79. The van der Waals surface area contributed by atoms with Gasteiger partial charge in [-0.05, 0) is 6.92 Å². The molecule has 1 heterocycles. The summed E-state index contributed by atoms with van der Waals surface area (Å²) in [7, 11) is 1.77. The van der Waals surface area contributed by atoms with Crippen molar-refractivity contribution in [2.24, 2.45) is 0 Å². The maximum absolute atomic E-state index is 5.73. The maximum Gasteiger partial charge on any atom is 0.154 e. The van der Waals surface area contributed by atoms with Gasteiger partial charge in [0.15, 0.2) is 11.6 Å². The van der Waals surface area contributed by atoms with Crippen LogP contribution in [-0.2, 0) is 0 Å². The van der Waals surface area contributed by atoms with Crippen molar-refractivity contribution in [3.05, 3.63) is 6.33 Å². The molecule has 0 radical (unpaired) electrons. The highest BCUT2D eigenvalue weighted by atomic mass is 15.1. The molecule has 12 heavy (non-hydrogen) atoms. The highest BCUT2D eigenvalue weighted by Crippen LogP contribution is 2.20. The number of aromatic nitrogens is 2. The second kappa shape index (κ2) is 3.75. The van der Waals surface area contributed by atoms with Gasteiger partial charge in [0.2, 0.25) is 0 Å². The van der Waals surface area contributed by atoms with E-state index in [1.807, 2.05) is 6.92 Å². The monoisotopic (exact) mass is 167 g/mol. The van der Waals surface area contributed by atoms with Crippen LogP contribution in [0.4, 0.5) is 17.3 Å². The SMILES string of the molecule is CCNc1ncnc(NC)c1N. The molecule has 1 aromatic heterocycles. The lowest BCUT2D eigenvalue weighted by Gasteiger charge is -2.08. The summed E-state index contributed by atoms with van der Waals surface area (Å²) in [6, 6.07) is 0. The second-order valence-corrected chi connectivity index (χ2v) is 2.26. The predicted molar refractivity (Wildman–Crippen MR) is 50.2 cm³/mol. The summed E-state index contributed by atoms with van der Waals surface area (Å²) in [5.41, 5.74) is 6.29. The van der Waals surface area contributed by atoms with Crippen LogP contribution in [-0.4, -0.2) is 23.6 Å². The molecule has 5 heteroatoms.